The van der Waals surface area contributed by atoms with Crippen molar-refractivity contribution in [1.82, 2.24) is 0 Å². The van der Waals surface area contributed by atoms with Gasteiger partial charge in [0.15, 0.2) is 0 Å². The molecule has 0 saturated carbocycles. The van der Waals surface area contributed by atoms with E-state index in [-0.39, 0.29) is 5.56 Å². The standard InChI is InChI=1S/C14H11FO2/c1-9-5-2-3-6-10(9)11-7-4-8-12(15)13(11)14(16)17/h2-8H,1H3,(H,16,17). The predicted octanol–water partition coefficient (Wildman–Crippen LogP) is 3.50. The summed E-state index contributed by atoms with van der Waals surface area (Å²) >= 11 is 0. The summed E-state index contributed by atoms with van der Waals surface area (Å²) in [5.41, 5.74) is 1.79. The third-order valence-electron chi connectivity index (χ3n) is 2.66. The van der Waals surface area contributed by atoms with E-state index >= 15 is 0 Å². The number of benzene rings is 2. The highest BCUT2D eigenvalue weighted by molar-refractivity contribution is 5.96. The summed E-state index contributed by atoms with van der Waals surface area (Å²) < 4.78 is 13.5. The smallest absolute Gasteiger partial charge is 0.339 e. The lowest BCUT2D eigenvalue weighted by Gasteiger charge is -2.09. The molecule has 0 heterocycles. The molecule has 1 N–H and O–H groups in total. The molecule has 0 bridgehead atoms. The molecule has 2 rings (SSSR count). The zero-order valence-electron chi connectivity index (χ0n) is 9.27. The van der Waals surface area contributed by atoms with Crippen LogP contribution >= 0.6 is 0 Å². The number of aromatic carboxylic acids is 1. The lowest BCUT2D eigenvalue weighted by Crippen LogP contribution is -2.03. The molecule has 0 aromatic heterocycles. The largest absolute Gasteiger partial charge is 0.478 e. The van der Waals surface area contributed by atoms with Gasteiger partial charge < -0.3 is 5.11 Å². The number of hydrogen-bond acceptors (Lipinski definition) is 1. The van der Waals surface area contributed by atoms with Crippen molar-refractivity contribution in [2.45, 2.75) is 6.92 Å². The lowest BCUT2D eigenvalue weighted by atomic mass is 9.96. The summed E-state index contributed by atoms with van der Waals surface area (Å²) in [5, 5.41) is 9.06. The second kappa shape index (κ2) is 4.37. The van der Waals surface area contributed by atoms with E-state index in [9.17, 15) is 9.18 Å². The minimum Gasteiger partial charge on any atom is -0.478 e. The first-order valence-electron chi connectivity index (χ1n) is 5.19. The summed E-state index contributed by atoms with van der Waals surface area (Å²) in [7, 11) is 0. The van der Waals surface area contributed by atoms with Crippen molar-refractivity contribution in [3.8, 4) is 11.1 Å². The van der Waals surface area contributed by atoms with Gasteiger partial charge in [0.05, 0.1) is 0 Å². The fraction of sp³-hybridized carbons (Fsp3) is 0.0714. The third kappa shape index (κ3) is 2.04. The van der Waals surface area contributed by atoms with E-state index in [0.29, 0.717) is 5.56 Å². The van der Waals surface area contributed by atoms with E-state index in [1.54, 1.807) is 18.2 Å². The van der Waals surface area contributed by atoms with Crippen LogP contribution in [-0.4, -0.2) is 11.1 Å². The number of halogens is 1. The molecule has 0 fully saturated rings. The maximum absolute atomic E-state index is 13.5. The second-order valence-electron chi connectivity index (χ2n) is 3.78. The number of carbonyl (C=O) groups is 1. The molecule has 2 aromatic carbocycles. The van der Waals surface area contributed by atoms with Gasteiger partial charge in [-0.05, 0) is 29.7 Å². The SMILES string of the molecule is Cc1ccccc1-c1cccc(F)c1C(=O)O. The Labute approximate surface area is 98.3 Å². The van der Waals surface area contributed by atoms with Gasteiger partial charge in [-0.3, -0.25) is 0 Å². The Balaban J connectivity index is 2.72. The van der Waals surface area contributed by atoms with Crippen LogP contribution in [-0.2, 0) is 0 Å². The fourth-order valence-electron chi connectivity index (χ4n) is 1.84. The number of aryl methyl sites for hydroxylation is 1. The summed E-state index contributed by atoms with van der Waals surface area (Å²) in [4.78, 5) is 11.1. The van der Waals surface area contributed by atoms with Crippen LogP contribution in [0, 0.1) is 12.7 Å². The highest BCUT2D eigenvalue weighted by Gasteiger charge is 2.17. The Kier molecular flexibility index (Phi) is 2.91. The fourth-order valence-corrected chi connectivity index (χ4v) is 1.84. The van der Waals surface area contributed by atoms with Gasteiger partial charge in [-0.2, -0.15) is 0 Å². The first-order chi connectivity index (χ1) is 8.11. The van der Waals surface area contributed by atoms with E-state index in [4.69, 9.17) is 5.11 Å². The van der Waals surface area contributed by atoms with Crippen LogP contribution in [0.5, 0.6) is 0 Å². The minimum absolute atomic E-state index is 0.276. The van der Waals surface area contributed by atoms with Gasteiger partial charge in [0.25, 0.3) is 0 Å². The van der Waals surface area contributed by atoms with Gasteiger partial charge in [-0.1, -0.05) is 36.4 Å². The van der Waals surface area contributed by atoms with Crippen molar-refractivity contribution in [3.63, 3.8) is 0 Å². The van der Waals surface area contributed by atoms with E-state index < -0.39 is 11.8 Å². The molecule has 2 nitrogen and oxygen atoms in total. The number of rotatable bonds is 2. The monoisotopic (exact) mass is 230 g/mol. The zero-order chi connectivity index (χ0) is 12.4. The van der Waals surface area contributed by atoms with E-state index in [2.05, 4.69) is 0 Å². The normalized spacial score (nSPS) is 10.2. The van der Waals surface area contributed by atoms with Crippen LogP contribution in [0.1, 0.15) is 15.9 Å². The summed E-state index contributed by atoms with van der Waals surface area (Å²) in [5.74, 6) is -1.96. The first-order valence-corrected chi connectivity index (χ1v) is 5.19. The topological polar surface area (TPSA) is 37.3 Å². The Morgan fingerprint density at radius 3 is 2.35 bits per heavy atom. The molecule has 0 radical (unpaired) electrons. The maximum Gasteiger partial charge on any atom is 0.339 e. The van der Waals surface area contributed by atoms with Crippen molar-refractivity contribution in [1.29, 1.82) is 0 Å². The van der Waals surface area contributed by atoms with Crippen molar-refractivity contribution < 1.29 is 14.3 Å². The summed E-state index contributed by atoms with van der Waals surface area (Å²) in [6.45, 7) is 1.87. The van der Waals surface area contributed by atoms with Gasteiger partial charge in [0.2, 0.25) is 0 Å². The van der Waals surface area contributed by atoms with Gasteiger partial charge in [-0.15, -0.1) is 0 Å². The van der Waals surface area contributed by atoms with Crippen LogP contribution in [0.15, 0.2) is 42.5 Å². The average molecular weight is 230 g/mol. The molecule has 0 amide bonds. The maximum atomic E-state index is 13.5. The molecule has 17 heavy (non-hydrogen) atoms. The third-order valence-corrected chi connectivity index (χ3v) is 2.66. The van der Waals surface area contributed by atoms with Crippen molar-refractivity contribution in [3.05, 3.63) is 59.4 Å². The summed E-state index contributed by atoms with van der Waals surface area (Å²) in [6, 6.07) is 11.6. The summed E-state index contributed by atoms with van der Waals surface area (Å²) in [6.07, 6.45) is 0. The quantitative estimate of drug-likeness (QED) is 0.857. The molecular weight excluding hydrogens is 219 g/mol. The Morgan fingerprint density at radius 2 is 1.71 bits per heavy atom. The van der Waals surface area contributed by atoms with Crippen molar-refractivity contribution >= 4 is 5.97 Å². The van der Waals surface area contributed by atoms with Crippen molar-refractivity contribution in [2.75, 3.05) is 0 Å². The van der Waals surface area contributed by atoms with E-state index in [0.717, 1.165) is 17.2 Å². The minimum atomic E-state index is -1.25. The molecule has 0 saturated heterocycles. The van der Waals surface area contributed by atoms with Gasteiger partial charge in [0.1, 0.15) is 11.4 Å². The highest BCUT2D eigenvalue weighted by Crippen LogP contribution is 2.28. The predicted molar refractivity (Wildman–Crippen MR) is 63.5 cm³/mol. The van der Waals surface area contributed by atoms with Crippen LogP contribution in [0.4, 0.5) is 4.39 Å². The lowest BCUT2D eigenvalue weighted by molar-refractivity contribution is 0.0693. The van der Waals surface area contributed by atoms with Crippen LogP contribution in [0.3, 0.4) is 0 Å². The molecule has 3 heteroatoms. The molecule has 0 aliphatic carbocycles. The van der Waals surface area contributed by atoms with E-state index in [1.165, 1.54) is 6.07 Å². The highest BCUT2D eigenvalue weighted by atomic mass is 19.1. The molecule has 0 unspecified atom stereocenters. The Morgan fingerprint density at radius 1 is 1.06 bits per heavy atom. The Bertz CT molecular complexity index is 576. The van der Waals surface area contributed by atoms with Gasteiger partial charge >= 0.3 is 5.97 Å². The second-order valence-corrected chi connectivity index (χ2v) is 3.78. The van der Waals surface area contributed by atoms with Crippen LogP contribution < -0.4 is 0 Å². The van der Waals surface area contributed by atoms with Gasteiger partial charge in [-0.25, -0.2) is 9.18 Å². The zero-order valence-corrected chi connectivity index (χ0v) is 9.27. The van der Waals surface area contributed by atoms with Crippen LogP contribution in [0.2, 0.25) is 0 Å². The molecule has 0 aliphatic heterocycles. The average Bonchev–Trinajstić information content (AvgIpc) is 2.28. The molecule has 0 atom stereocenters. The molecule has 86 valence electrons. The van der Waals surface area contributed by atoms with Crippen LogP contribution in [0.25, 0.3) is 11.1 Å². The van der Waals surface area contributed by atoms with Crippen molar-refractivity contribution in [2.24, 2.45) is 0 Å². The first kappa shape index (κ1) is 11.3. The molecule has 2 aromatic rings. The number of carboxylic acids is 1. The molecule has 0 spiro atoms. The molecule has 0 aliphatic rings. The molecular formula is C14H11FO2. The van der Waals surface area contributed by atoms with Gasteiger partial charge in [0, 0.05) is 0 Å². The number of carboxylic acid groups (broad SMARTS) is 1. The Hall–Kier alpha value is -2.16. The number of hydrogen-bond donors (Lipinski definition) is 1. The van der Waals surface area contributed by atoms with E-state index in [1.807, 2.05) is 19.1 Å².